The minimum Gasteiger partial charge on any atom is -0.338 e. The zero-order valence-corrected chi connectivity index (χ0v) is 11.2. The number of urea groups is 1. The van der Waals surface area contributed by atoms with E-state index >= 15 is 0 Å². The molecule has 2 amide bonds. The van der Waals surface area contributed by atoms with E-state index in [2.05, 4.69) is 17.5 Å². The summed E-state index contributed by atoms with van der Waals surface area (Å²) in [4.78, 5) is 14.0. The Morgan fingerprint density at radius 2 is 2.29 bits per heavy atom. The molecule has 0 bridgehead atoms. The molecule has 1 atom stereocenters. The lowest BCUT2D eigenvalue weighted by atomic mass is 9.94. The van der Waals surface area contributed by atoms with E-state index in [9.17, 15) is 4.79 Å². The fourth-order valence-electron chi connectivity index (χ4n) is 2.33. The molecule has 4 heteroatoms. The van der Waals surface area contributed by atoms with Crippen LogP contribution < -0.4 is 5.32 Å². The number of allylic oxidation sites excluding steroid dienone is 2. The number of nitrogens with zero attached hydrogens (tertiary/aromatic N) is 1. The summed E-state index contributed by atoms with van der Waals surface area (Å²) >= 11 is 1.95. The third-order valence-electron chi connectivity index (χ3n) is 3.43. The van der Waals surface area contributed by atoms with E-state index in [0.717, 1.165) is 38.2 Å². The van der Waals surface area contributed by atoms with Crippen LogP contribution in [-0.4, -0.2) is 42.1 Å². The van der Waals surface area contributed by atoms with E-state index in [1.54, 1.807) is 0 Å². The number of rotatable bonds is 2. The van der Waals surface area contributed by atoms with E-state index < -0.39 is 0 Å². The van der Waals surface area contributed by atoms with Gasteiger partial charge in [-0.2, -0.15) is 11.8 Å². The molecule has 0 aromatic heterocycles. The molecule has 2 aliphatic rings. The second-order valence-corrected chi connectivity index (χ2v) is 6.01. The van der Waals surface area contributed by atoms with Crippen LogP contribution in [0.15, 0.2) is 12.2 Å². The maximum absolute atomic E-state index is 12.0. The van der Waals surface area contributed by atoms with Gasteiger partial charge in [0.05, 0.1) is 0 Å². The summed E-state index contributed by atoms with van der Waals surface area (Å²) in [7, 11) is 0. The van der Waals surface area contributed by atoms with Gasteiger partial charge in [0.2, 0.25) is 0 Å². The fraction of sp³-hybridized carbons (Fsp3) is 0.769. The molecule has 1 fully saturated rings. The van der Waals surface area contributed by atoms with Gasteiger partial charge in [0.15, 0.2) is 0 Å². The number of hydrogen-bond donors (Lipinski definition) is 1. The van der Waals surface area contributed by atoms with Crippen LogP contribution in [0.25, 0.3) is 0 Å². The zero-order valence-electron chi connectivity index (χ0n) is 10.4. The molecule has 0 aromatic carbocycles. The molecule has 3 nitrogen and oxygen atoms in total. The van der Waals surface area contributed by atoms with Gasteiger partial charge in [-0.3, -0.25) is 0 Å². The molecule has 1 N–H and O–H groups in total. The van der Waals surface area contributed by atoms with E-state index in [1.165, 1.54) is 18.6 Å². The van der Waals surface area contributed by atoms with Crippen LogP contribution in [0.2, 0.25) is 0 Å². The molecule has 96 valence electrons. The number of hydrogen-bond acceptors (Lipinski definition) is 2. The molecular weight excluding hydrogens is 232 g/mol. The van der Waals surface area contributed by atoms with Crippen LogP contribution in [0.4, 0.5) is 4.79 Å². The molecule has 17 heavy (non-hydrogen) atoms. The molecule has 1 aliphatic heterocycles. The van der Waals surface area contributed by atoms with Crippen LogP contribution in [0.5, 0.6) is 0 Å². The molecule has 0 saturated carbocycles. The zero-order chi connectivity index (χ0) is 11.9. The average Bonchev–Trinajstić information content (AvgIpc) is 2.66. The molecule has 2 rings (SSSR count). The van der Waals surface area contributed by atoms with Crippen molar-refractivity contribution in [3.63, 3.8) is 0 Å². The summed E-state index contributed by atoms with van der Waals surface area (Å²) < 4.78 is 0. The van der Waals surface area contributed by atoms with E-state index in [1.807, 2.05) is 16.7 Å². The van der Waals surface area contributed by atoms with Crippen LogP contribution in [0.1, 0.15) is 25.7 Å². The monoisotopic (exact) mass is 254 g/mol. The predicted octanol–water partition coefficient (Wildman–Crippen LogP) is 2.49. The van der Waals surface area contributed by atoms with Crippen LogP contribution in [-0.2, 0) is 0 Å². The normalized spacial score (nSPS) is 25.4. The van der Waals surface area contributed by atoms with Gasteiger partial charge in [0.1, 0.15) is 0 Å². The minimum atomic E-state index is 0.141. The maximum atomic E-state index is 12.0. The topological polar surface area (TPSA) is 32.3 Å². The highest BCUT2D eigenvalue weighted by atomic mass is 32.2. The molecule has 0 aromatic rings. The van der Waals surface area contributed by atoms with Crippen molar-refractivity contribution in [1.29, 1.82) is 0 Å². The van der Waals surface area contributed by atoms with Gasteiger partial charge < -0.3 is 10.2 Å². The quantitative estimate of drug-likeness (QED) is 0.768. The predicted molar refractivity (Wildman–Crippen MR) is 73.4 cm³/mol. The number of amides is 2. The number of nitrogens with one attached hydrogen (secondary N) is 1. The van der Waals surface area contributed by atoms with Gasteiger partial charge in [-0.25, -0.2) is 4.79 Å². The Hall–Kier alpha value is -0.640. The number of thioether (sulfide) groups is 1. The first-order chi connectivity index (χ1) is 8.36. The SMILES string of the molecule is O=C(NCC1CC=CCC1)N1CCCSCC1. The van der Waals surface area contributed by atoms with Crippen LogP contribution in [0, 0.1) is 5.92 Å². The molecule has 1 saturated heterocycles. The standard InChI is InChI=1S/C13H22N2OS/c16-13(15-7-4-9-17-10-8-15)14-11-12-5-2-1-3-6-12/h1-2,12H,3-11H2,(H,14,16). The van der Waals surface area contributed by atoms with Gasteiger partial charge in [-0.15, -0.1) is 0 Å². The molecule has 0 spiro atoms. The van der Waals surface area contributed by atoms with Gasteiger partial charge in [0.25, 0.3) is 0 Å². The van der Waals surface area contributed by atoms with Crippen LogP contribution in [0.3, 0.4) is 0 Å². The van der Waals surface area contributed by atoms with Crippen molar-refractivity contribution in [2.45, 2.75) is 25.7 Å². The summed E-state index contributed by atoms with van der Waals surface area (Å²) in [5.41, 5.74) is 0. The first-order valence-electron chi connectivity index (χ1n) is 6.62. The lowest BCUT2D eigenvalue weighted by molar-refractivity contribution is 0.199. The van der Waals surface area contributed by atoms with Crippen molar-refractivity contribution in [1.82, 2.24) is 10.2 Å². The molecular formula is C13H22N2OS. The van der Waals surface area contributed by atoms with Crippen molar-refractivity contribution in [2.24, 2.45) is 5.92 Å². The third kappa shape index (κ3) is 4.26. The van der Waals surface area contributed by atoms with E-state index in [4.69, 9.17) is 0 Å². The van der Waals surface area contributed by atoms with Crippen molar-refractivity contribution < 1.29 is 4.79 Å². The Morgan fingerprint density at radius 1 is 1.35 bits per heavy atom. The molecule has 1 heterocycles. The highest BCUT2D eigenvalue weighted by molar-refractivity contribution is 7.99. The Morgan fingerprint density at radius 3 is 3.12 bits per heavy atom. The Kier molecular flexibility index (Phi) is 5.23. The second-order valence-electron chi connectivity index (χ2n) is 4.79. The highest BCUT2D eigenvalue weighted by Crippen LogP contribution is 2.17. The fourth-order valence-corrected chi connectivity index (χ4v) is 3.22. The Bertz CT molecular complexity index is 273. The lowest BCUT2D eigenvalue weighted by Gasteiger charge is -2.23. The van der Waals surface area contributed by atoms with Crippen molar-refractivity contribution in [3.05, 3.63) is 12.2 Å². The average molecular weight is 254 g/mol. The largest absolute Gasteiger partial charge is 0.338 e. The minimum absolute atomic E-state index is 0.141. The summed E-state index contributed by atoms with van der Waals surface area (Å²) in [6.07, 6.45) is 9.11. The van der Waals surface area contributed by atoms with Gasteiger partial charge in [0, 0.05) is 25.4 Å². The highest BCUT2D eigenvalue weighted by Gasteiger charge is 2.17. The Labute approximate surface area is 108 Å². The summed E-state index contributed by atoms with van der Waals surface area (Å²) in [5, 5.41) is 3.09. The molecule has 0 radical (unpaired) electrons. The molecule has 1 aliphatic carbocycles. The van der Waals surface area contributed by atoms with Gasteiger partial charge in [-0.1, -0.05) is 12.2 Å². The van der Waals surface area contributed by atoms with E-state index in [0.29, 0.717) is 5.92 Å². The van der Waals surface area contributed by atoms with Gasteiger partial charge in [-0.05, 0) is 37.4 Å². The smallest absolute Gasteiger partial charge is 0.317 e. The van der Waals surface area contributed by atoms with Crippen molar-refractivity contribution in [2.75, 3.05) is 31.1 Å². The van der Waals surface area contributed by atoms with Gasteiger partial charge >= 0.3 is 6.03 Å². The van der Waals surface area contributed by atoms with E-state index in [-0.39, 0.29) is 6.03 Å². The summed E-state index contributed by atoms with van der Waals surface area (Å²) in [6.45, 7) is 2.66. The van der Waals surface area contributed by atoms with Crippen LogP contribution >= 0.6 is 11.8 Å². The summed E-state index contributed by atoms with van der Waals surface area (Å²) in [5.74, 6) is 2.92. The number of carbonyl (C=O) groups is 1. The number of carbonyl (C=O) groups excluding carboxylic acids is 1. The lowest BCUT2D eigenvalue weighted by Crippen LogP contribution is -2.42. The maximum Gasteiger partial charge on any atom is 0.317 e. The third-order valence-corrected chi connectivity index (χ3v) is 4.48. The summed E-state index contributed by atoms with van der Waals surface area (Å²) in [6, 6.07) is 0.141. The van der Waals surface area contributed by atoms with Crippen molar-refractivity contribution >= 4 is 17.8 Å². The molecule has 1 unspecified atom stereocenters. The Balaban J connectivity index is 1.70. The first kappa shape index (κ1) is 12.8. The second kappa shape index (κ2) is 6.94. The first-order valence-corrected chi connectivity index (χ1v) is 7.77. The van der Waals surface area contributed by atoms with Crippen molar-refractivity contribution in [3.8, 4) is 0 Å².